The van der Waals surface area contributed by atoms with E-state index in [-0.39, 0.29) is 11.7 Å². The summed E-state index contributed by atoms with van der Waals surface area (Å²) in [4.78, 5) is 15.1. The van der Waals surface area contributed by atoms with E-state index in [2.05, 4.69) is 10.1 Å². The van der Waals surface area contributed by atoms with Gasteiger partial charge in [0.2, 0.25) is 0 Å². The second-order valence-corrected chi connectivity index (χ2v) is 8.27. The summed E-state index contributed by atoms with van der Waals surface area (Å²) in [5, 5.41) is 13.9. The van der Waals surface area contributed by atoms with Crippen molar-refractivity contribution >= 4 is 51.9 Å². The highest BCUT2D eigenvalue weighted by Gasteiger charge is 2.60. The SMILES string of the molecule is O=C(O)Sc1ncnn1CC1(c2ccccc2Cl)OC1c1ccc(Cl)cc1Cl. The molecule has 0 amide bonds. The van der Waals surface area contributed by atoms with Crippen LogP contribution in [0.3, 0.4) is 0 Å². The van der Waals surface area contributed by atoms with Crippen molar-refractivity contribution in [3.63, 3.8) is 0 Å². The third-order valence-electron chi connectivity index (χ3n) is 4.41. The van der Waals surface area contributed by atoms with Gasteiger partial charge >= 0.3 is 5.30 Å². The highest BCUT2D eigenvalue weighted by molar-refractivity contribution is 8.13. The molecule has 144 valence electrons. The normalized spacial score (nSPS) is 20.9. The molecule has 1 aromatic heterocycles. The summed E-state index contributed by atoms with van der Waals surface area (Å²) >= 11 is 19.4. The van der Waals surface area contributed by atoms with E-state index >= 15 is 0 Å². The van der Waals surface area contributed by atoms with Crippen LogP contribution in [0.5, 0.6) is 0 Å². The van der Waals surface area contributed by atoms with Gasteiger partial charge < -0.3 is 9.84 Å². The van der Waals surface area contributed by atoms with Crippen molar-refractivity contribution in [3.8, 4) is 0 Å². The molecule has 1 N–H and O–H groups in total. The van der Waals surface area contributed by atoms with E-state index < -0.39 is 17.0 Å². The number of thioether (sulfide) groups is 1. The number of rotatable bonds is 5. The average Bonchev–Trinajstić information content (AvgIpc) is 3.18. The number of aromatic nitrogens is 3. The van der Waals surface area contributed by atoms with Crippen molar-refractivity contribution in [2.24, 2.45) is 0 Å². The van der Waals surface area contributed by atoms with Crippen molar-refractivity contribution in [2.45, 2.75) is 23.4 Å². The van der Waals surface area contributed by atoms with Crippen LogP contribution in [0.2, 0.25) is 15.1 Å². The number of hydrogen-bond acceptors (Lipinski definition) is 5. The number of hydrogen-bond donors (Lipinski definition) is 1. The zero-order valence-corrected chi connectivity index (χ0v) is 17.1. The summed E-state index contributed by atoms with van der Waals surface area (Å²) in [5.74, 6) is 0. The third-order valence-corrected chi connectivity index (χ3v) is 5.98. The fourth-order valence-electron chi connectivity index (χ4n) is 3.16. The second kappa shape index (κ2) is 7.57. The van der Waals surface area contributed by atoms with Gasteiger partial charge in [0, 0.05) is 38.0 Å². The number of nitrogens with zero attached hydrogens (tertiary/aromatic N) is 3. The van der Waals surface area contributed by atoms with Crippen LogP contribution in [0.15, 0.2) is 53.9 Å². The first-order valence-corrected chi connectivity index (χ1v) is 10.0. The summed E-state index contributed by atoms with van der Waals surface area (Å²) in [6, 6.07) is 12.5. The first kappa shape index (κ1) is 19.5. The lowest BCUT2D eigenvalue weighted by Gasteiger charge is -2.16. The van der Waals surface area contributed by atoms with Crippen LogP contribution in [0.1, 0.15) is 17.2 Å². The first-order chi connectivity index (χ1) is 13.4. The topological polar surface area (TPSA) is 80.5 Å². The smallest absolute Gasteiger partial charge is 0.372 e. The quantitative estimate of drug-likeness (QED) is 0.393. The molecule has 28 heavy (non-hydrogen) atoms. The van der Waals surface area contributed by atoms with Crippen molar-refractivity contribution in [3.05, 3.63) is 75.0 Å². The molecule has 6 nitrogen and oxygen atoms in total. The number of benzene rings is 2. The minimum absolute atomic E-state index is 0.218. The largest absolute Gasteiger partial charge is 0.473 e. The van der Waals surface area contributed by atoms with Crippen LogP contribution in [0.25, 0.3) is 0 Å². The van der Waals surface area contributed by atoms with Crippen LogP contribution < -0.4 is 0 Å². The Labute approximate surface area is 179 Å². The van der Waals surface area contributed by atoms with E-state index in [0.717, 1.165) is 11.1 Å². The molecule has 3 aromatic rings. The minimum Gasteiger partial charge on any atom is -0.473 e. The molecule has 1 aliphatic rings. The second-order valence-electron chi connectivity index (χ2n) is 6.10. The molecule has 0 radical (unpaired) electrons. The Hall–Kier alpha value is -1.77. The van der Waals surface area contributed by atoms with Crippen LogP contribution in [-0.4, -0.2) is 25.2 Å². The number of epoxide rings is 1. The molecule has 4 rings (SSSR count). The van der Waals surface area contributed by atoms with Gasteiger partial charge in [-0.3, -0.25) is 0 Å². The third kappa shape index (κ3) is 3.60. The van der Waals surface area contributed by atoms with Crippen LogP contribution >= 0.6 is 46.6 Å². The van der Waals surface area contributed by atoms with Crippen molar-refractivity contribution < 1.29 is 14.6 Å². The first-order valence-electron chi connectivity index (χ1n) is 8.07. The van der Waals surface area contributed by atoms with Crippen molar-refractivity contribution in [1.82, 2.24) is 14.8 Å². The van der Waals surface area contributed by atoms with E-state index in [1.807, 2.05) is 24.3 Å². The Morgan fingerprint density at radius 3 is 2.71 bits per heavy atom. The van der Waals surface area contributed by atoms with Gasteiger partial charge in [0.15, 0.2) is 5.16 Å². The zero-order chi connectivity index (χ0) is 19.9. The van der Waals surface area contributed by atoms with Gasteiger partial charge in [0.1, 0.15) is 18.0 Å². The van der Waals surface area contributed by atoms with Gasteiger partial charge in [-0.1, -0.05) is 59.1 Å². The molecule has 1 fully saturated rings. The van der Waals surface area contributed by atoms with Crippen molar-refractivity contribution in [1.29, 1.82) is 0 Å². The summed E-state index contributed by atoms with van der Waals surface area (Å²) in [6.07, 6.45) is 0.905. The van der Waals surface area contributed by atoms with E-state index in [1.54, 1.807) is 18.2 Å². The maximum absolute atomic E-state index is 11.1. The fourth-order valence-corrected chi connectivity index (χ4v) is 4.44. The maximum atomic E-state index is 11.1. The van der Waals surface area contributed by atoms with Gasteiger partial charge in [-0.05, 0) is 18.2 Å². The molecular weight excluding hydrogens is 445 g/mol. The van der Waals surface area contributed by atoms with Gasteiger partial charge in [0.25, 0.3) is 0 Å². The molecule has 0 spiro atoms. The van der Waals surface area contributed by atoms with Gasteiger partial charge in [-0.15, -0.1) is 0 Å². The Kier molecular flexibility index (Phi) is 5.28. The van der Waals surface area contributed by atoms with Crippen LogP contribution in [-0.2, 0) is 16.9 Å². The predicted octanol–water partition coefficient (Wildman–Crippen LogP) is 5.68. The Morgan fingerprint density at radius 2 is 2.00 bits per heavy atom. The Morgan fingerprint density at radius 1 is 1.21 bits per heavy atom. The summed E-state index contributed by atoms with van der Waals surface area (Å²) in [7, 11) is 0. The van der Waals surface area contributed by atoms with E-state index in [1.165, 1.54) is 11.0 Å². The lowest BCUT2D eigenvalue weighted by atomic mass is 9.91. The van der Waals surface area contributed by atoms with E-state index in [0.29, 0.717) is 26.8 Å². The standard InChI is InChI=1S/C18H12Cl3N3O3S/c19-10-5-6-11(14(21)7-10)15-18(27-15,12-3-1-2-4-13(12)20)8-24-16(22-9-23-24)28-17(25)26/h1-7,9,15H,8H2,(H,25,26). The molecule has 2 aromatic carbocycles. The van der Waals surface area contributed by atoms with E-state index in [9.17, 15) is 4.79 Å². The highest BCUT2D eigenvalue weighted by Crippen LogP contribution is 2.60. The monoisotopic (exact) mass is 455 g/mol. The van der Waals surface area contributed by atoms with Gasteiger partial charge in [-0.2, -0.15) is 5.10 Å². The summed E-state index contributed by atoms with van der Waals surface area (Å²) < 4.78 is 7.65. The molecule has 0 saturated carbocycles. The number of ether oxygens (including phenoxy) is 1. The summed E-state index contributed by atoms with van der Waals surface area (Å²) in [6.45, 7) is 0.218. The predicted molar refractivity (Wildman–Crippen MR) is 107 cm³/mol. The highest BCUT2D eigenvalue weighted by atomic mass is 35.5. The summed E-state index contributed by atoms with van der Waals surface area (Å²) in [5.41, 5.74) is 0.658. The van der Waals surface area contributed by atoms with E-state index in [4.69, 9.17) is 44.6 Å². The lowest BCUT2D eigenvalue weighted by Crippen LogP contribution is -2.21. The lowest BCUT2D eigenvalue weighted by molar-refractivity contribution is 0.221. The minimum atomic E-state index is -1.07. The van der Waals surface area contributed by atoms with Gasteiger partial charge in [-0.25, -0.2) is 14.5 Å². The molecule has 10 heteroatoms. The Balaban J connectivity index is 1.76. The molecule has 2 atom stereocenters. The molecule has 0 bridgehead atoms. The zero-order valence-electron chi connectivity index (χ0n) is 14.1. The maximum Gasteiger partial charge on any atom is 0.372 e. The molecule has 1 aliphatic heterocycles. The number of carbonyl (C=O) groups is 1. The average molecular weight is 457 g/mol. The molecule has 0 aliphatic carbocycles. The van der Waals surface area contributed by atoms with Crippen LogP contribution in [0.4, 0.5) is 4.79 Å². The molecular formula is C18H12Cl3N3O3S. The van der Waals surface area contributed by atoms with Crippen LogP contribution in [0, 0.1) is 0 Å². The van der Waals surface area contributed by atoms with Gasteiger partial charge in [0.05, 0.1) is 6.54 Å². The number of halogens is 3. The molecule has 2 heterocycles. The molecule has 1 saturated heterocycles. The fraction of sp³-hybridized carbons (Fsp3) is 0.167. The number of carboxylic acid groups (broad SMARTS) is 1. The van der Waals surface area contributed by atoms with Crippen molar-refractivity contribution in [2.75, 3.05) is 0 Å². The Bertz CT molecular complexity index is 1060. The molecule has 2 unspecified atom stereocenters.